The van der Waals surface area contributed by atoms with Gasteiger partial charge in [-0.2, -0.15) is 17.9 Å². The standard InChI is InChI=1S/C22H18F3N3O4S/c1-32-17-4-2-3-16(12-17)26-21(29)14-7-5-13(6-8-14)20-27-18-11-15(22(23,24)25)9-10-19(18)33(30,31)28-20/h2-12,20,27-28H,1H3,(H,26,29)/t20-/m0/s1. The Morgan fingerprint density at radius 3 is 2.42 bits per heavy atom. The van der Waals surface area contributed by atoms with Gasteiger partial charge in [0.2, 0.25) is 10.0 Å². The number of amides is 1. The summed E-state index contributed by atoms with van der Waals surface area (Å²) in [5.41, 5.74) is 0.129. The molecule has 7 nitrogen and oxygen atoms in total. The Morgan fingerprint density at radius 2 is 1.76 bits per heavy atom. The van der Waals surface area contributed by atoms with Crippen molar-refractivity contribution >= 4 is 27.3 Å². The summed E-state index contributed by atoms with van der Waals surface area (Å²) >= 11 is 0. The van der Waals surface area contributed by atoms with Crippen molar-refractivity contribution in [3.05, 3.63) is 83.4 Å². The van der Waals surface area contributed by atoms with Gasteiger partial charge in [0, 0.05) is 17.3 Å². The van der Waals surface area contributed by atoms with Crippen LogP contribution in [0.25, 0.3) is 0 Å². The van der Waals surface area contributed by atoms with Crippen molar-refractivity contribution in [2.75, 3.05) is 17.7 Å². The molecule has 172 valence electrons. The third kappa shape index (κ3) is 4.78. The van der Waals surface area contributed by atoms with Gasteiger partial charge in [0.05, 0.1) is 18.4 Å². The summed E-state index contributed by atoms with van der Waals surface area (Å²) in [6.07, 6.45) is -5.62. The van der Waals surface area contributed by atoms with Crippen molar-refractivity contribution in [3.63, 3.8) is 0 Å². The fourth-order valence-electron chi connectivity index (χ4n) is 3.34. The minimum atomic E-state index is -4.61. The summed E-state index contributed by atoms with van der Waals surface area (Å²) in [5.74, 6) is 0.180. The molecule has 0 aromatic heterocycles. The second kappa shape index (κ2) is 8.41. The SMILES string of the molecule is COc1cccc(NC(=O)c2ccc([C@H]3Nc4cc(C(F)(F)F)ccc4S(=O)(=O)N3)cc2)c1. The molecule has 3 aromatic carbocycles. The smallest absolute Gasteiger partial charge is 0.416 e. The van der Waals surface area contributed by atoms with E-state index in [2.05, 4.69) is 15.4 Å². The molecule has 1 aliphatic rings. The monoisotopic (exact) mass is 477 g/mol. The number of anilines is 2. The fourth-order valence-corrected chi connectivity index (χ4v) is 4.63. The number of rotatable bonds is 4. The zero-order chi connectivity index (χ0) is 23.8. The predicted octanol–water partition coefficient (Wildman–Crippen LogP) is 4.37. The maximum atomic E-state index is 13.1. The molecule has 1 heterocycles. The molecule has 3 aromatic rings. The number of hydrogen-bond donors (Lipinski definition) is 3. The number of halogens is 3. The molecular weight excluding hydrogens is 459 g/mol. The van der Waals surface area contributed by atoms with Gasteiger partial charge in [-0.3, -0.25) is 4.79 Å². The number of alkyl halides is 3. The number of nitrogens with one attached hydrogen (secondary N) is 3. The molecule has 0 radical (unpaired) electrons. The summed E-state index contributed by atoms with van der Waals surface area (Å²) in [6.45, 7) is 0. The van der Waals surface area contributed by atoms with E-state index in [9.17, 15) is 26.4 Å². The van der Waals surface area contributed by atoms with Gasteiger partial charge in [0.25, 0.3) is 5.91 Å². The van der Waals surface area contributed by atoms with Crippen molar-refractivity contribution in [2.45, 2.75) is 17.2 Å². The van der Waals surface area contributed by atoms with E-state index in [1.165, 1.54) is 31.4 Å². The number of ether oxygens (including phenoxy) is 1. The molecule has 3 N–H and O–H groups in total. The third-order valence-corrected chi connectivity index (χ3v) is 6.48. The molecular formula is C22H18F3N3O4S. The van der Waals surface area contributed by atoms with E-state index in [1.807, 2.05) is 0 Å². The Hall–Kier alpha value is -3.57. The Balaban J connectivity index is 1.55. The van der Waals surface area contributed by atoms with E-state index < -0.39 is 33.8 Å². The Kier molecular flexibility index (Phi) is 5.76. The molecule has 0 fully saturated rings. The van der Waals surface area contributed by atoms with Crippen LogP contribution in [-0.4, -0.2) is 21.4 Å². The third-order valence-electron chi connectivity index (χ3n) is 5.00. The quantitative estimate of drug-likeness (QED) is 0.519. The molecule has 33 heavy (non-hydrogen) atoms. The second-order valence-corrected chi connectivity index (χ2v) is 8.90. The minimum Gasteiger partial charge on any atom is -0.497 e. The largest absolute Gasteiger partial charge is 0.497 e. The Morgan fingerprint density at radius 1 is 1.03 bits per heavy atom. The lowest BCUT2D eigenvalue weighted by atomic mass is 10.1. The van der Waals surface area contributed by atoms with Crippen LogP contribution in [0, 0.1) is 0 Å². The van der Waals surface area contributed by atoms with Crippen molar-refractivity contribution in [1.29, 1.82) is 0 Å². The van der Waals surface area contributed by atoms with Crippen LogP contribution in [0.3, 0.4) is 0 Å². The Labute approximate surface area is 187 Å². The number of carbonyl (C=O) groups excluding carboxylic acids is 1. The zero-order valence-electron chi connectivity index (χ0n) is 17.1. The van der Waals surface area contributed by atoms with Crippen LogP contribution in [0.15, 0.2) is 71.6 Å². The van der Waals surface area contributed by atoms with Crippen molar-refractivity contribution < 1.29 is 31.1 Å². The van der Waals surface area contributed by atoms with Gasteiger partial charge in [-0.05, 0) is 48.0 Å². The number of fused-ring (bicyclic) bond motifs is 1. The summed E-state index contributed by atoms with van der Waals surface area (Å²) in [6, 6.07) is 15.2. The van der Waals surface area contributed by atoms with E-state index in [0.717, 1.165) is 18.2 Å². The lowest BCUT2D eigenvalue weighted by Gasteiger charge is -2.29. The van der Waals surface area contributed by atoms with Crippen LogP contribution in [0.2, 0.25) is 0 Å². The van der Waals surface area contributed by atoms with Gasteiger partial charge < -0.3 is 15.4 Å². The topological polar surface area (TPSA) is 96.5 Å². The summed E-state index contributed by atoms with van der Waals surface area (Å²) < 4.78 is 71.7. The highest BCUT2D eigenvalue weighted by Crippen LogP contribution is 2.37. The first-order chi connectivity index (χ1) is 15.6. The van der Waals surface area contributed by atoms with Crippen molar-refractivity contribution in [3.8, 4) is 5.75 Å². The summed E-state index contributed by atoms with van der Waals surface area (Å²) in [7, 11) is -2.54. The van der Waals surface area contributed by atoms with Gasteiger partial charge in [0.1, 0.15) is 16.8 Å². The molecule has 0 bridgehead atoms. The van der Waals surface area contributed by atoms with Crippen LogP contribution in [0.5, 0.6) is 5.75 Å². The van der Waals surface area contributed by atoms with Gasteiger partial charge in [-0.25, -0.2) is 8.42 Å². The zero-order valence-corrected chi connectivity index (χ0v) is 17.9. The number of hydrogen-bond acceptors (Lipinski definition) is 5. The highest BCUT2D eigenvalue weighted by atomic mass is 32.2. The first-order valence-electron chi connectivity index (χ1n) is 9.62. The number of benzene rings is 3. The van der Waals surface area contributed by atoms with Crippen LogP contribution >= 0.6 is 0 Å². The van der Waals surface area contributed by atoms with Gasteiger partial charge in [0.15, 0.2) is 0 Å². The first kappa shape index (κ1) is 22.6. The molecule has 0 unspecified atom stereocenters. The number of carbonyl (C=O) groups is 1. The summed E-state index contributed by atoms with van der Waals surface area (Å²) in [4.78, 5) is 12.2. The van der Waals surface area contributed by atoms with Crippen molar-refractivity contribution in [2.24, 2.45) is 0 Å². The van der Waals surface area contributed by atoms with Crippen molar-refractivity contribution in [1.82, 2.24) is 4.72 Å². The van der Waals surface area contributed by atoms with Gasteiger partial charge in [-0.1, -0.05) is 18.2 Å². The lowest BCUT2D eigenvalue weighted by Crippen LogP contribution is -2.38. The molecule has 11 heteroatoms. The molecule has 1 amide bonds. The van der Waals surface area contributed by atoms with E-state index >= 15 is 0 Å². The minimum absolute atomic E-state index is 0.159. The normalized spacial score (nSPS) is 16.9. The van der Waals surface area contributed by atoms with Crippen LogP contribution < -0.4 is 20.1 Å². The number of methoxy groups -OCH3 is 1. The highest BCUT2D eigenvalue weighted by molar-refractivity contribution is 7.89. The molecule has 0 spiro atoms. The summed E-state index contributed by atoms with van der Waals surface area (Å²) in [5, 5.41) is 5.50. The molecule has 0 saturated heterocycles. The molecule has 1 atom stereocenters. The maximum Gasteiger partial charge on any atom is 0.416 e. The van der Waals surface area contributed by atoms with E-state index in [4.69, 9.17) is 4.74 Å². The van der Waals surface area contributed by atoms with E-state index in [1.54, 1.807) is 24.3 Å². The first-order valence-corrected chi connectivity index (χ1v) is 11.1. The predicted molar refractivity (Wildman–Crippen MR) is 116 cm³/mol. The molecule has 0 saturated carbocycles. The average Bonchev–Trinajstić information content (AvgIpc) is 2.78. The lowest BCUT2D eigenvalue weighted by molar-refractivity contribution is -0.137. The van der Waals surface area contributed by atoms with Crippen LogP contribution in [0.1, 0.15) is 27.7 Å². The highest BCUT2D eigenvalue weighted by Gasteiger charge is 2.35. The fraction of sp³-hybridized carbons (Fsp3) is 0.136. The van der Waals surface area contributed by atoms with Gasteiger partial charge >= 0.3 is 6.18 Å². The molecule has 1 aliphatic heterocycles. The van der Waals surface area contributed by atoms with Gasteiger partial charge in [-0.15, -0.1) is 0 Å². The number of sulfonamides is 1. The van der Waals surface area contributed by atoms with Crippen LogP contribution in [-0.2, 0) is 16.2 Å². The maximum absolute atomic E-state index is 13.1. The van der Waals surface area contributed by atoms with E-state index in [0.29, 0.717) is 22.6 Å². The molecule has 0 aliphatic carbocycles. The molecule has 4 rings (SSSR count). The Bertz CT molecular complexity index is 1310. The van der Waals surface area contributed by atoms with Crippen LogP contribution in [0.4, 0.5) is 24.5 Å². The average molecular weight is 477 g/mol. The van der Waals surface area contributed by atoms with E-state index in [-0.39, 0.29) is 10.6 Å². The second-order valence-electron chi connectivity index (χ2n) is 7.22.